The quantitative estimate of drug-likeness (QED) is 0.910. The first-order valence-electron chi connectivity index (χ1n) is 8.85. The van der Waals surface area contributed by atoms with Crippen molar-refractivity contribution >= 4 is 0 Å². The molecule has 24 heavy (non-hydrogen) atoms. The van der Waals surface area contributed by atoms with Crippen LogP contribution in [-0.4, -0.2) is 32.9 Å². The van der Waals surface area contributed by atoms with Crippen molar-refractivity contribution in [1.29, 1.82) is 0 Å². The van der Waals surface area contributed by atoms with E-state index < -0.39 is 0 Å². The fraction of sp³-hybridized carbons (Fsp3) is 0.526. The van der Waals surface area contributed by atoms with Crippen molar-refractivity contribution in [2.45, 2.75) is 45.2 Å². The number of hydrogen-bond acceptors (Lipinski definition) is 4. The zero-order valence-corrected chi connectivity index (χ0v) is 14.6. The molecule has 0 unspecified atom stereocenters. The molecule has 3 rings (SSSR count). The minimum Gasteiger partial charge on any atom is -0.504 e. The zero-order valence-electron chi connectivity index (χ0n) is 14.6. The Morgan fingerprint density at radius 1 is 1.25 bits per heavy atom. The SMILES string of the molecule is CCOc1cc(CN2CCCCC[C@H]2c2ccn(C)n2)ccc1O. The van der Waals surface area contributed by atoms with Crippen LogP contribution in [0, 0.1) is 0 Å². The van der Waals surface area contributed by atoms with Crippen molar-refractivity contribution in [1.82, 2.24) is 14.7 Å². The molecule has 2 aromatic rings. The van der Waals surface area contributed by atoms with E-state index in [9.17, 15) is 5.11 Å². The van der Waals surface area contributed by atoms with E-state index in [4.69, 9.17) is 4.74 Å². The highest BCUT2D eigenvalue weighted by molar-refractivity contribution is 5.41. The molecule has 1 aromatic carbocycles. The average molecular weight is 329 g/mol. The Balaban J connectivity index is 1.81. The van der Waals surface area contributed by atoms with Crippen LogP contribution >= 0.6 is 0 Å². The minimum atomic E-state index is 0.206. The summed E-state index contributed by atoms with van der Waals surface area (Å²) in [7, 11) is 1.97. The van der Waals surface area contributed by atoms with Crippen LogP contribution in [-0.2, 0) is 13.6 Å². The number of phenolic OH excluding ortho intramolecular Hbond substituents is 1. The summed E-state index contributed by atoms with van der Waals surface area (Å²) in [6.45, 7) is 4.41. The molecular weight excluding hydrogens is 302 g/mol. The van der Waals surface area contributed by atoms with Crippen LogP contribution in [0.25, 0.3) is 0 Å². The van der Waals surface area contributed by atoms with Crippen LogP contribution in [0.2, 0.25) is 0 Å². The lowest BCUT2D eigenvalue weighted by atomic mass is 10.1. The predicted molar refractivity (Wildman–Crippen MR) is 94.1 cm³/mol. The van der Waals surface area contributed by atoms with E-state index in [0.29, 0.717) is 18.4 Å². The van der Waals surface area contributed by atoms with Gasteiger partial charge in [-0.05, 0) is 50.1 Å². The first kappa shape index (κ1) is 16.8. The Morgan fingerprint density at radius 2 is 2.12 bits per heavy atom. The van der Waals surface area contributed by atoms with Crippen molar-refractivity contribution in [2.75, 3.05) is 13.2 Å². The summed E-state index contributed by atoms with van der Waals surface area (Å²) in [5.41, 5.74) is 2.32. The number of aromatic hydroxyl groups is 1. The topological polar surface area (TPSA) is 50.5 Å². The highest BCUT2D eigenvalue weighted by atomic mass is 16.5. The van der Waals surface area contributed by atoms with Crippen LogP contribution in [0.1, 0.15) is 49.9 Å². The van der Waals surface area contributed by atoms with Gasteiger partial charge in [0.25, 0.3) is 0 Å². The molecule has 0 bridgehead atoms. The van der Waals surface area contributed by atoms with Gasteiger partial charge in [-0.2, -0.15) is 5.10 Å². The van der Waals surface area contributed by atoms with Crippen LogP contribution < -0.4 is 4.74 Å². The molecule has 0 radical (unpaired) electrons. The maximum Gasteiger partial charge on any atom is 0.161 e. The zero-order chi connectivity index (χ0) is 16.9. The van der Waals surface area contributed by atoms with E-state index in [-0.39, 0.29) is 5.75 Å². The highest BCUT2D eigenvalue weighted by Gasteiger charge is 2.24. The van der Waals surface area contributed by atoms with Gasteiger partial charge in [-0.25, -0.2) is 0 Å². The summed E-state index contributed by atoms with van der Waals surface area (Å²) >= 11 is 0. The Labute approximate surface area is 143 Å². The Morgan fingerprint density at radius 3 is 2.88 bits per heavy atom. The number of rotatable bonds is 5. The molecule has 2 heterocycles. The van der Waals surface area contributed by atoms with Crippen LogP contribution in [0.4, 0.5) is 0 Å². The van der Waals surface area contributed by atoms with Gasteiger partial charge >= 0.3 is 0 Å². The Bertz CT molecular complexity index is 668. The van der Waals surface area contributed by atoms with Gasteiger partial charge < -0.3 is 9.84 Å². The van der Waals surface area contributed by atoms with Crippen LogP contribution in [0.5, 0.6) is 11.5 Å². The van der Waals surface area contributed by atoms with Crippen LogP contribution in [0.15, 0.2) is 30.5 Å². The third kappa shape index (κ3) is 3.90. The third-order valence-electron chi connectivity index (χ3n) is 4.65. The van der Waals surface area contributed by atoms with Crippen molar-refractivity contribution in [3.63, 3.8) is 0 Å². The second-order valence-corrected chi connectivity index (χ2v) is 6.48. The number of aromatic nitrogens is 2. The van der Waals surface area contributed by atoms with Gasteiger partial charge in [0.05, 0.1) is 18.3 Å². The van der Waals surface area contributed by atoms with Crippen molar-refractivity contribution in [3.8, 4) is 11.5 Å². The molecule has 0 aliphatic carbocycles. The number of benzene rings is 1. The van der Waals surface area contributed by atoms with Gasteiger partial charge in [-0.15, -0.1) is 0 Å². The van der Waals surface area contributed by atoms with Crippen molar-refractivity contribution < 1.29 is 9.84 Å². The number of nitrogens with zero attached hydrogens (tertiary/aromatic N) is 3. The maximum atomic E-state index is 9.90. The lowest BCUT2D eigenvalue weighted by Gasteiger charge is -2.29. The van der Waals surface area contributed by atoms with E-state index in [0.717, 1.165) is 25.2 Å². The smallest absolute Gasteiger partial charge is 0.161 e. The second kappa shape index (κ2) is 7.71. The summed E-state index contributed by atoms with van der Waals surface area (Å²) in [6, 6.07) is 8.16. The summed E-state index contributed by atoms with van der Waals surface area (Å²) in [4.78, 5) is 2.51. The van der Waals surface area contributed by atoms with E-state index in [1.807, 2.05) is 37.0 Å². The number of ether oxygens (including phenoxy) is 1. The molecular formula is C19H27N3O2. The van der Waals surface area contributed by atoms with Gasteiger partial charge in [0.15, 0.2) is 11.5 Å². The number of phenols is 1. The summed E-state index contributed by atoms with van der Waals surface area (Å²) in [6.07, 6.45) is 6.91. The molecule has 5 nitrogen and oxygen atoms in total. The molecule has 5 heteroatoms. The summed E-state index contributed by atoms with van der Waals surface area (Å²) < 4.78 is 7.40. The molecule has 1 aliphatic rings. The molecule has 130 valence electrons. The second-order valence-electron chi connectivity index (χ2n) is 6.48. The summed E-state index contributed by atoms with van der Waals surface area (Å²) in [5.74, 6) is 0.775. The monoisotopic (exact) mass is 329 g/mol. The Hall–Kier alpha value is -2.01. The van der Waals surface area contributed by atoms with Gasteiger partial charge in [0, 0.05) is 19.8 Å². The molecule has 1 saturated heterocycles. The summed E-state index contributed by atoms with van der Waals surface area (Å²) in [5, 5.41) is 14.5. The normalized spacial score (nSPS) is 19.2. The Kier molecular flexibility index (Phi) is 5.41. The molecule has 1 atom stereocenters. The molecule has 0 spiro atoms. The fourth-order valence-corrected chi connectivity index (χ4v) is 3.47. The molecule has 1 aromatic heterocycles. The van der Waals surface area contributed by atoms with E-state index in [1.54, 1.807) is 6.07 Å². The van der Waals surface area contributed by atoms with Gasteiger partial charge in [-0.3, -0.25) is 9.58 Å². The van der Waals surface area contributed by atoms with Gasteiger partial charge in [-0.1, -0.05) is 18.9 Å². The molecule has 0 saturated carbocycles. The molecule has 1 N–H and O–H groups in total. The largest absolute Gasteiger partial charge is 0.504 e. The van der Waals surface area contributed by atoms with Crippen molar-refractivity contribution in [2.24, 2.45) is 7.05 Å². The fourth-order valence-electron chi connectivity index (χ4n) is 3.47. The first-order chi connectivity index (χ1) is 11.7. The third-order valence-corrected chi connectivity index (χ3v) is 4.65. The minimum absolute atomic E-state index is 0.206. The average Bonchev–Trinajstić information content (AvgIpc) is 2.86. The lowest BCUT2D eigenvalue weighted by Crippen LogP contribution is -2.28. The lowest BCUT2D eigenvalue weighted by molar-refractivity contribution is 0.187. The number of aryl methyl sites for hydroxylation is 1. The van der Waals surface area contributed by atoms with E-state index in [1.165, 1.54) is 24.8 Å². The maximum absolute atomic E-state index is 9.90. The van der Waals surface area contributed by atoms with E-state index in [2.05, 4.69) is 16.1 Å². The first-order valence-corrected chi connectivity index (χ1v) is 8.85. The molecule has 1 fully saturated rings. The van der Waals surface area contributed by atoms with Crippen molar-refractivity contribution in [3.05, 3.63) is 41.7 Å². The highest BCUT2D eigenvalue weighted by Crippen LogP contribution is 2.32. The van der Waals surface area contributed by atoms with Gasteiger partial charge in [0.1, 0.15) is 0 Å². The number of hydrogen-bond donors (Lipinski definition) is 1. The number of likely N-dealkylation sites (tertiary alicyclic amines) is 1. The standard InChI is InChI=1S/C19H27N3O2/c1-3-24-19-13-15(8-9-18(19)23)14-22-11-6-4-5-7-17(22)16-10-12-21(2)20-16/h8-10,12-13,17,23H,3-7,11,14H2,1-2H3/t17-/m0/s1. The van der Waals surface area contributed by atoms with E-state index >= 15 is 0 Å². The van der Waals surface area contributed by atoms with Crippen LogP contribution in [0.3, 0.4) is 0 Å². The molecule has 0 amide bonds. The molecule has 1 aliphatic heterocycles. The predicted octanol–water partition coefficient (Wildman–Crippen LogP) is 3.64. The van der Waals surface area contributed by atoms with Gasteiger partial charge in [0.2, 0.25) is 0 Å².